The van der Waals surface area contributed by atoms with E-state index >= 15 is 0 Å². The predicted molar refractivity (Wildman–Crippen MR) is 183 cm³/mol. The third-order valence-corrected chi connectivity index (χ3v) is 10.4. The molecule has 0 spiro atoms. The Bertz CT molecular complexity index is 1270. The Kier molecular flexibility index (Phi) is 9.66. The van der Waals surface area contributed by atoms with E-state index in [2.05, 4.69) is 154 Å². The molecule has 44 heavy (non-hydrogen) atoms. The molecular formula is C40H56O4. The molecule has 0 aromatic rings. The highest BCUT2D eigenvalue weighted by molar-refractivity contribution is 5.38. The van der Waals surface area contributed by atoms with Gasteiger partial charge in [-0.2, -0.15) is 0 Å². The van der Waals surface area contributed by atoms with Gasteiger partial charge >= 0.3 is 0 Å². The van der Waals surface area contributed by atoms with Crippen LogP contribution in [0.4, 0.5) is 0 Å². The van der Waals surface area contributed by atoms with Gasteiger partial charge in [-0.05, 0) is 66.5 Å². The Morgan fingerprint density at radius 2 is 0.818 bits per heavy atom. The molecular weight excluding hydrogens is 544 g/mol. The van der Waals surface area contributed by atoms with E-state index in [9.17, 15) is 10.2 Å². The van der Waals surface area contributed by atoms with Gasteiger partial charge in [0.15, 0.2) is 0 Å². The molecule has 2 saturated heterocycles. The lowest BCUT2D eigenvalue weighted by atomic mass is 9.63. The van der Waals surface area contributed by atoms with Crippen LogP contribution in [0.3, 0.4) is 0 Å². The van der Waals surface area contributed by atoms with Crippen LogP contribution in [0.1, 0.15) is 94.9 Å². The number of hydrogen-bond acceptors (Lipinski definition) is 4. The zero-order valence-corrected chi connectivity index (χ0v) is 28.8. The van der Waals surface area contributed by atoms with Gasteiger partial charge in [-0.15, -0.1) is 0 Å². The Hall–Kier alpha value is -2.50. The van der Waals surface area contributed by atoms with Gasteiger partial charge in [0.25, 0.3) is 0 Å². The van der Waals surface area contributed by atoms with Crippen LogP contribution >= 0.6 is 0 Å². The van der Waals surface area contributed by atoms with E-state index in [-0.39, 0.29) is 45.4 Å². The second-order valence-corrected chi connectivity index (χ2v) is 15.4. The minimum absolute atomic E-state index is 0.0969. The smallest absolute Gasteiger partial charge is 0.121 e. The first-order valence-corrected chi connectivity index (χ1v) is 16.3. The first-order chi connectivity index (χ1) is 20.4. The van der Waals surface area contributed by atoms with Crippen LogP contribution in [-0.2, 0) is 9.47 Å². The first-order valence-electron chi connectivity index (χ1n) is 16.3. The summed E-state index contributed by atoms with van der Waals surface area (Å²) >= 11 is 0. The molecule has 0 unspecified atom stereocenters. The van der Waals surface area contributed by atoms with Gasteiger partial charge in [0.05, 0.1) is 12.2 Å². The van der Waals surface area contributed by atoms with Crippen LogP contribution in [0.5, 0.6) is 0 Å². The highest BCUT2D eigenvalue weighted by Crippen LogP contribution is 2.67. The molecule has 0 radical (unpaired) electrons. The van der Waals surface area contributed by atoms with Crippen molar-refractivity contribution < 1.29 is 19.7 Å². The zero-order chi connectivity index (χ0) is 32.6. The topological polar surface area (TPSA) is 65.5 Å². The van der Waals surface area contributed by atoms with Crippen molar-refractivity contribution in [2.45, 2.75) is 130 Å². The number of allylic oxidation sites excluding steroid dienone is 16. The molecule has 0 amide bonds. The standard InChI is InChI=1S/C40H56O4/c1-29(17-13-19-31(3)21-23-39-35(5,6)25-33(41)27-37(39,9)43-39)15-11-12-16-30(2)18-14-20-32(4)22-24-40-36(7,8)26-34(42)28-38(40,10)44-40/h11-24,33-34,41-42H,25-28H2,1-10H3/b12-11+,17-13+,18-14+,23-21-,24-22+,29-15+,30-16-,31-19+,32-20+/t33-,34-,37+,38+,39-,40-/m0/s1. The number of epoxide rings is 2. The molecule has 0 bridgehead atoms. The summed E-state index contributed by atoms with van der Waals surface area (Å²) in [5.41, 5.74) is 3.36. The van der Waals surface area contributed by atoms with Crippen molar-refractivity contribution >= 4 is 0 Å². The summed E-state index contributed by atoms with van der Waals surface area (Å²) in [4.78, 5) is 0. The zero-order valence-electron chi connectivity index (χ0n) is 28.8. The highest BCUT2D eigenvalue weighted by Gasteiger charge is 2.75. The number of hydrogen-bond donors (Lipinski definition) is 2. The molecule has 2 aliphatic heterocycles. The predicted octanol–water partition coefficient (Wildman–Crippen LogP) is 8.97. The lowest BCUT2D eigenvalue weighted by molar-refractivity contribution is 0.0510. The van der Waals surface area contributed by atoms with E-state index in [0.29, 0.717) is 12.8 Å². The second kappa shape index (κ2) is 12.4. The minimum Gasteiger partial charge on any atom is -0.393 e. The molecule has 4 nitrogen and oxygen atoms in total. The number of fused-ring (bicyclic) bond motifs is 2. The van der Waals surface area contributed by atoms with Crippen molar-refractivity contribution in [1.82, 2.24) is 0 Å². The summed E-state index contributed by atoms with van der Waals surface area (Å²) in [5, 5.41) is 20.5. The van der Waals surface area contributed by atoms with Crippen molar-refractivity contribution in [3.63, 3.8) is 0 Å². The summed E-state index contributed by atoms with van der Waals surface area (Å²) in [5.74, 6) is 0. The molecule has 4 rings (SSSR count). The molecule has 0 aromatic heterocycles. The summed E-state index contributed by atoms with van der Waals surface area (Å²) in [6.45, 7) is 21.4. The van der Waals surface area contributed by atoms with Crippen LogP contribution in [0, 0.1) is 10.8 Å². The Morgan fingerprint density at radius 1 is 0.500 bits per heavy atom. The van der Waals surface area contributed by atoms with E-state index in [4.69, 9.17) is 9.47 Å². The van der Waals surface area contributed by atoms with Gasteiger partial charge in [-0.3, -0.25) is 0 Å². The molecule has 0 aromatic carbocycles. The summed E-state index contributed by atoms with van der Waals surface area (Å²) in [7, 11) is 0. The molecule has 2 aliphatic carbocycles. The Labute approximate surface area is 267 Å². The fourth-order valence-electron chi connectivity index (χ4n) is 7.99. The maximum Gasteiger partial charge on any atom is 0.121 e. The number of aliphatic hydroxyl groups excluding tert-OH is 2. The maximum absolute atomic E-state index is 10.3. The van der Waals surface area contributed by atoms with Crippen LogP contribution in [-0.4, -0.2) is 44.8 Å². The quantitative estimate of drug-likeness (QED) is 0.194. The second-order valence-electron chi connectivity index (χ2n) is 15.4. The van der Waals surface area contributed by atoms with Crippen molar-refractivity contribution in [2.24, 2.45) is 10.8 Å². The van der Waals surface area contributed by atoms with Crippen LogP contribution < -0.4 is 0 Å². The number of rotatable bonds is 10. The minimum atomic E-state index is -0.294. The molecule has 2 saturated carbocycles. The summed E-state index contributed by atoms with van der Waals surface area (Å²) < 4.78 is 12.5. The van der Waals surface area contributed by atoms with Gasteiger partial charge < -0.3 is 19.7 Å². The Balaban J connectivity index is 1.25. The first kappa shape index (κ1) is 34.4. The van der Waals surface area contributed by atoms with Crippen LogP contribution in [0.25, 0.3) is 0 Å². The SMILES string of the molecule is CC(=C/C=C/C=C(C)/C=C/C=C(C)/C=C\[C@@]12O[C@]1(C)C[C@@H](O)CC2(C)C)/C=C/C=C(C)/C=C/[C@@]12O[C@]1(C)C[C@@H](O)CC2(C)C. The van der Waals surface area contributed by atoms with E-state index in [1.165, 1.54) is 22.3 Å². The third-order valence-electron chi connectivity index (χ3n) is 10.4. The van der Waals surface area contributed by atoms with Gasteiger partial charge in [0.1, 0.15) is 22.4 Å². The maximum atomic E-state index is 10.3. The fraction of sp³-hybridized carbons (Fsp3) is 0.550. The lowest BCUT2D eigenvalue weighted by Crippen LogP contribution is -2.46. The number of aliphatic hydroxyl groups is 2. The van der Waals surface area contributed by atoms with E-state index in [0.717, 1.165) is 12.8 Å². The normalized spacial score (nSPS) is 39.2. The summed E-state index contributed by atoms with van der Waals surface area (Å²) in [6, 6.07) is 0. The average Bonchev–Trinajstić information content (AvgIpc) is 3.73. The fourth-order valence-corrected chi connectivity index (χ4v) is 7.99. The molecule has 4 fully saturated rings. The molecule has 4 aliphatic rings. The molecule has 4 heteroatoms. The molecule has 240 valence electrons. The molecule has 2 heterocycles. The van der Waals surface area contributed by atoms with Crippen molar-refractivity contribution in [1.29, 1.82) is 0 Å². The van der Waals surface area contributed by atoms with Crippen molar-refractivity contribution in [3.8, 4) is 0 Å². The van der Waals surface area contributed by atoms with Gasteiger partial charge in [-0.1, -0.05) is 123 Å². The van der Waals surface area contributed by atoms with Crippen molar-refractivity contribution in [3.05, 3.63) is 107 Å². The van der Waals surface area contributed by atoms with E-state index in [1.54, 1.807) is 0 Å². The number of ether oxygens (including phenoxy) is 2. The monoisotopic (exact) mass is 600 g/mol. The Morgan fingerprint density at radius 3 is 1.16 bits per heavy atom. The van der Waals surface area contributed by atoms with Gasteiger partial charge in [0.2, 0.25) is 0 Å². The molecule has 6 atom stereocenters. The lowest BCUT2D eigenvalue weighted by Gasteiger charge is -2.39. The van der Waals surface area contributed by atoms with Crippen LogP contribution in [0.2, 0.25) is 0 Å². The van der Waals surface area contributed by atoms with Crippen molar-refractivity contribution in [2.75, 3.05) is 0 Å². The third kappa shape index (κ3) is 6.84. The highest BCUT2D eigenvalue weighted by atomic mass is 16.6. The van der Waals surface area contributed by atoms with Crippen LogP contribution in [0.15, 0.2) is 107 Å². The van der Waals surface area contributed by atoms with Gasteiger partial charge in [0, 0.05) is 23.7 Å². The molecule has 2 N–H and O–H groups in total. The largest absolute Gasteiger partial charge is 0.393 e. The summed E-state index contributed by atoms with van der Waals surface area (Å²) in [6.07, 6.45) is 32.0. The van der Waals surface area contributed by atoms with E-state index in [1.807, 2.05) is 0 Å². The average molecular weight is 601 g/mol. The van der Waals surface area contributed by atoms with E-state index < -0.39 is 0 Å². The van der Waals surface area contributed by atoms with Gasteiger partial charge in [-0.25, -0.2) is 0 Å².